The molecule has 0 radical (unpaired) electrons. The number of amides is 2. The molecule has 2 amide bonds. The maximum atomic E-state index is 13.9. The van der Waals surface area contributed by atoms with Crippen molar-refractivity contribution in [3.63, 3.8) is 0 Å². The van der Waals surface area contributed by atoms with E-state index in [9.17, 15) is 26.8 Å². The van der Waals surface area contributed by atoms with Crippen molar-refractivity contribution in [3.05, 3.63) is 70.9 Å². The number of nitrogen functional groups attached to an aromatic ring is 1. The highest BCUT2D eigenvalue weighted by atomic mass is 32.2. The normalized spacial score (nSPS) is 14.4. The van der Waals surface area contributed by atoms with Crippen LogP contribution in [-0.2, 0) is 26.0 Å². The monoisotopic (exact) mass is 631 g/mol. The third kappa shape index (κ3) is 8.03. The smallest absolute Gasteiger partial charge is 0.269 e. The molecule has 9 nitrogen and oxygen atoms in total. The summed E-state index contributed by atoms with van der Waals surface area (Å²) in [6.07, 6.45) is 1.03. The second kappa shape index (κ2) is 14.2. The second-order valence-electron chi connectivity index (χ2n) is 10.3. The number of hydrogen-bond acceptors (Lipinski definition) is 7. The van der Waals surface area contributed by atoms with Gasteiger partial charge in [-0.25, -0.2) is 8.42 Å². The quantitative estimate of drug-likeness (QED) is 0.256. The standard InChI is InChI=1S/C30H35F2N5O4S2/c1-3-27(38)35-28-22(25-10-6-16-42-25)7-4-11-26(28)43(40,41)36-24(9-5-8-23-19(2)17-21(33)18-34-23)30(39)37-14-12-20(13-15-37)29(31)32/h4,6-7,10-11,16-18,24,36H,3,5,8-9,12-15,33H2,1-2H3,(H,35,38)/t24-/m0/s1. The zero-order valence-corrected chi connectivity index (χ0v) is 25.7. The van der Waals surface area contributed by atoms with Crippen LogP contribution in [0.5, 0.6) is 0 Å². The molecule has 3 heterocycles. The van der Waals surface area contributed by atoms with Crippen LogP contribution in [0.3, 0.4) is 0 Å². The number of carbonyl (C=O) groups is 2. The van der Waals surface area contributed by atoms with Crippen molar-refractivity contribution in [3.8, 4) is 10.4 Å². The van der Waals surface area contributed by atoms with Gasteiger partial charge in [0.1, 0.15) is 10.9 Å². The van der Waals surface area contributed by atoms with Crippen LogP contribution in [0, 0.1) is 6.92 Å². The maximum absolute atomic E-state index is 13.9. The number of aromatic nitrogens is 1. The van der Waals surface area contributed by atoms with Gasteiger partial charge in [0, 0.05) is 35.6 Å². The molecule has 3 aromatic rings. The van der Waals surface area contributed by atoms with Gasteiger partial charge in [-0.3, -0.25) is 14.6 Å². The summed E-state index contributed by atoms with van der Waals surface area (Å²) in [4.78, 5) is 32.5. The van der Waals surface area contributed by atoms with E-state index in [4.69, 9.17) is 5.73 Å². The summed E-state index contributed by atoms with van der Waals surface area (Å²) in [6, 6.07) is 8.97. The molecule has 1 aliphatic rings. The Morgan fingerprint density at radius 1 is 1.16 bits per heavy atom. The molecular formula is C30H35F2N5O4S2. The molecule has 1 saturated heterocycles. The number of benzene rings is 1. The van der Waals surface area contributed by atoms with Gasteiger partial charge in [-0.05, 0) is 73.7 Å². The van der Waals surface area contributed by atoms with Gasteiger partial charge in [0.15, 0.2) is 0 Å². The molecule has 4 N–H and O–H groups in total. The number of nitrogens with zero attached hydrogens (tertiary/aromatic N) is 2. The average molecular weight is 632 g/mol. The van der Waals surface area contributed by atoms with Crippen LogP contribution in [0.2, 0.25) is 0 Å². The fraction of sp³-hybridized carbons (Fsp3) is 0.367. The van der Waals surface area contributed by atoms with Crippen molar-refractivity contribution in [2.75, 3.05) is 24.1 Å². The lowest BCUT2D eigenvalue weighted by Gasteiger charge is -2.31. The van der Waals surface area contributed by atoms with Crippen molar-refractivity contribution in [1.29, 1.82) is 0 Å². The fourth-order valence-electron chi connectivity index (χ4n) is 5.00. The van der Waals surface area contributed by atoms with Crippen molar-refractivity contribution < 1.29 is 26.8 Å². The molecule has 0 saturated carbocycles. The lowest BCUT2D eigenvalue weighted by atomic mass is 10.0. The largest absolute Gasteiger partial charge is 0.397 e. The number of piperidine rings is 1. The van der Waals surface area contributed by atoms with E-state index in [1.807, 2.05) is 24.4 Å². The number of halogens is 2. The number of pyridine rings is 1. The number of carbonyl (C=O) groups excluding carboxylic acids is 2. The van der Waals surface area contributed by atoms with Crippen molar-refractivity contribution in [2.45, 2.75) is 63.3 Å². The first-order chi connectivity index (χ1) is 20.5. The summed E-state index contributed by atoms with van der Waals surface area (Å²) in [5.74, 6) is -0.853. The zero-order valence-electron chi connectivity index (χ0n) is 24.0. The Hall–Kier alpha value is -3.68. The van der Waals surface area contributed by atoms with Gasteiger partial charge < -0.3 is 16.0 Å². The van der Waals surface area contributed by atoms with Gasteiger partial charge in [0.25, 0.3) is 6.08 Å². The Kier molecular flexibility index (Phi) is 10.6. The Morgan fingerprint density at radius 2 is 1.91 bits per heavy atom. The summed E-state index contributed by atoms with van der Waals surface area (Å²) in [6.45, 7) is 3.66. The van der Waals surface area contributed by atoms with Crippen molar-refractivity contribution in [1.82, 2.24) is 14.6 Å². The highest BCUT2D eigenvalue weighted by molar-refractivity contribution is 7.89. The lowest BCUT2D eigenvalue weighted by molar-refractivity contribution is -0.133. The first-order valence-electron chi connectivity index (χ1n) is 14.0. The molecular weight excluding hydrogens is 596 g/mol. The molecule has 2 aromatic heterocycles. The number of thiophene rings is 1. The van der Waals surface area contributed by atoms with Gasteiger partial charge in [0.2, 0.25) is 21.8 Å². The molecule has 0 aliphatic carbocycles. The van der Waals surface area contributed by atoms with E-state index in [2.05, 4.69) is 15.0 Å². The Morgan fingerprint density at radius 3 is 2.53 bits per heavy atom. The molecule has 0 bridgehead atoms. The maximum Gasteiger partial charge on any atom is 0.269 e. The third-order valence-electron chi connectivity index (χ3n) is 7.34. The average Bonchev–Trinajstić information content (AvgIpc) is 3.52. The number of sulfonamides is 1. The minimum atomic E-state index is -4.34. The topological polar surface area (TPSA) is 134 Å². The molecule has 1 atom stereocenters. The van der Waals surface area contributed by atoms with E-state index in [1.54, 1.807) is 31.3 Å². The first kappa shape index (κ1) is 32.2. The van der Waals surface area contributed by atoms with Crippen LogP contribution in [0.1, 0.15) is 50.3 Å². The molecule has 1 aromatic carbocycles. The molecule has 0 spiro atoms. The third-order valence-corrected chi connectivity index (χ3v) is 9.76. The number of anilines is 2. The van der Waals surface area contributed by atoms with E-state index in [-0.39, 0.29) is 60.8 Å². The summed E-state index contributed by atoms with van der Waals surface area (Å²) in [5.41, 5.74) is 8.67. The van der Waals surface area contributed by atoms with Crippen molar-refractivity contribution in [2.24, 2.45) is 0 Å². The first-order valence-corrected chi connectivity index (χ1v) is 16.4. The minimum absolute atomic E-state index is 0.00720. The Bertz CT molecular complexity index is 1600. The van der Waals surface area contributed by atoms with Crippen LogP contribution >= 0.6 is 11.3 Å². The van der Waals surface area contributed by atoms with E-state index >= 15 is 0 Å². The number of hydrogen-bond donors (Lipinski definition) is 3. The van der Waals surface area contributed by atoms with E-state index in [0.717, 1.165) is 16.1 Å². The summed E-state index contributed by atoms with van der Waals surface area (Å²) >= 11 is 1.40. The van der Waals surface area contributed by atoms with Gasteiger partial charge in [0.05, 0.1) is 17.6 Å². The van der Waals surface area contributed by atoms with Crippen LogP contribution in [-0.4, -0.2) is 49.2 Å². The second-order valence-corrected chi connectivity index (χ2v) is 13.0. The van der Waals surface area contributed by atoms with Crippen LogP contribution < -0.4 is 15.8 Å². The van der Waals surface area contributed by atoms with Gasteiger partial charge in [-0.15, -0.1) is 11.3 Å². The van der Waals surface area contributed by atoms with Crippen LogP contribution in [0.4, 0.5) is 20.2 Å². The molecule has 1 fully saturated rings. The molecule has 4 rings (SSSR count). The highest BCUT2D eigenvalue weighted by Gasteiger charge is 2.33. The fourth-order valence-corrected chi connectivity index (χ4v) is 7.16. The summed E-state index contributed by atoms with van der Waals surface area (Å²) in [5, 5.41) is 4.59. The Balaban J connectivity index is 1.64. The van der Waals surface area contributed by atoms with Gasteiger partial charge >= 0.3 is 0 Å². The molecule has 230 valence electrons. The molecule has 43 heavy (non-hydrogen) atoms. The Labute approximate surface area is 254 Å². The summed E-state index contributed by atoms with van der Waals surface area (Å²) < 4.78 is 56.7. The minimum Gasteiger partial charge on any atom is -0.397 e. The predicted octanol–water partition coefficient (Wildman–Crippen LogP) is 5.49. The lowest BCUT2D eigenvalue weighted by Crippen LogP contribution is -2.50. The zero-order chi connectivity index (χ0) is 31.1. The number of nitrogens with two attached hydrogens (primary N) is 1. The van der Waals surface area contributed by atoms with Gasteiger partial charge in [-0.1, -0.05) is 25.1 Å². The number of likely N-dealkylation sites (tertiary alicyclic amines) is 1. The van der Waals surface area contributed by atoms with E-state index in [0.29, 0.717) is 24.1 Å². The number of para-hydroxylation sites is 1. The SMILES string of the molecule is CCC(=O)Nc1c(-c2cccs2)cccc1S(=O)(=O)N[C@@H](CCCc1ncc(N)cc1C)C(=O)N1CCC(=C(F)F)CC1. The van der Waals surface area contributed by atoms with Crippen molar-refractivity contribution >= 4 is 44.5 Å². The van der Waals surface area contributed by atoms with Crippen LogP contribution in [0.25, 0.3) is 10.4 Å². The predicted molar refractivity (Wildman–Crippen MR) is 164 cm³/mol. The summed E-state index contributed by atoms with van der Waals surface area (Å²) in [7, 11) is -4.34. The van der Waals surface area contributed by atoms with E-state index in [1.165, 1.54) is 22.3 Å². The van der Waals surface area contributed by atoms with E-state index < -0.39 is 28.1 Å². The number of aryl methyl sites for hydroxylation is 2. The highest BCUT2D eigenvalue weighted by Crippen LogP contribution is 2.36. The van der Waals surface area contributed by atoms with Crippen LogP contribution in [0.15, 0.2) is 64.5 Å². The molecule has 0 unspecified atom stereocenters. The molecule has 1 aliphatic heterocycles. The number of nitrogens with one attached hydrogen (secondary N) is 2. The molecule has 13 heteroatoms. The van der Waals surface area contributed by atoms with Gasteiger partial charge in [-0.2, -0.15) is 13.5 Å². The number of rotatable bonds is 11.